The third kappa shape index (κ3) is 4.10. The maximum atomic E-state index is 13.0. The molecule has 8 heteroatoms. The highest BCUT2D eigenvalue weighted by Gasteiger charge is 2.33. The number of methoxy groups -OCH3 is 1. The summed E-state index contributed by atoms with van der Waals surface area (Å²) in [4.78, 5) is 17.4. The van der Waals surface area contributed by atoms with Crippen LogP contribution in [0.2, 0.25) is 0 Å². The summed E-state index contributed by atoms with van der Waals surface area (Å²) in [6.07, 6.45) is 2.79. The quantitative estimate of drug-likeness (QED) is 0.854. The van der Waals surface area contributed by atoms with Gasteiger partial charge in [-0.3, -0.25) is 9.69 Å². The Balaban J connectivity index is 0.00000210. The average molecular weight is 392 g/mol. The molecule has 1 unspecified atom stereocenters. The first kappa shape index (κ1) is 19.7. The van der Waals surface area contributed by atoms with Gasteiger partial charge in [0.05, 0.1) is 19.0 Å². The molecule has 0 saturated carbocycles. The van der Waals surface area contributed by atoms with Crippen LogP contribution in [0.4, 0.5) is 0 Å². The molecule has 27 heavy (non-hydrogen) atoms. The van der Waals surface area contributed by atoms with Crippen LogP contribution in [0.1, 0.15) is 16.9 Å². The molecular weight excluding hydrogens is 366 g/mol. The van der Waals surface area contributed by atoms with Crippen molar-refractivity contribution in [3.8, 4) is 11.4 Å². The highest BCUT2D eigenvalue weighted by atomic mass is 35.5. The van der Waals surface area contributed by atoms with Crippen LogP contribution in [0.15, 0.2) is 36.5 Å². The largest absolute Gasteiger partial charge is 0.493 e. The number of rotatable bonds is 4. The van der Waals surface area contributed by atoms with Crippen LogP contribution in [0.25, 0.3) is 5.69 Å². The van der Waals surface area contributed by atoms with E-state index in [9.17, 15) is 4.79 Å². The van der Waals surface area contributed by atoms with Gasteiger partial charge in [0.1, 0.15) is 0 Å². The Bertz CT molecular complexity index is 761. The number of nitrogens with zero attached hydrogens (tertiary/aromatic N) is 4. The topological polar surface area (TPSA) is 62.6 Å². The number of carbonyl (C=O) groups is 1. The number of benzene rings is 1. The van der Waals surface area contributed by atoms with Crippen LogP contribution in [0, 0.1) is 0 Å². The number of amides is 1. The zero-order valence-electron chi connectivity index (χ0n) is 15.5. The molecule has 0 aliphatic carbocycles. The third-order valence-electron chi connectivity index (χ3n) is 5.24. The fourth-order valence-corrected chi connectivity index (χ4v) is 3.79. The first-order valence-corrected chi connectivity index (χ1v) is 9.19. The van der Waals surface area contributed by atoms with E-state index in [-0.39, 0.29) is 18.3 Å². The molecule has 2 aliphatic heterocycles. The van der Waals surface area contributed by atoms with E-state index < -0.39 is 0 Å². The van der Waals surface area contributed by atoms with Gasteiger partial charge in [-0.2, -0.15) is 5.10 Å². The van der Waals surface area contributed by atoms with E-state index in [0.29, 0.717) is 17.5 Å². The molecule has 2 aliphatic rings. The molecule has 146 valence electrons. The van der Waals surface area contributed by atoms with E-state index >= 15 is 0 Å². The molecule has 1 aromatic heterocycles. The van der Waals surface area contributed by atoms with Gasteiger partial charge in [0.2, 0.25) is 0 Å². The highest BCUT2D eigenvalue weighted by Crippen LogP contribution is 2.24. The van der Waals surface area contributed by atoms with E-state index in [0.717, 1.165) is 51.4 Å². The molecule has 0 spiro atoms. The van der Waals surface area contributed by atoms with E-state index in [4.69, 9.17) is 4.74 Å². The highest BCUT2D eigenvalue weighted by molar-refractivity contribution is 5.95. The van der Waals surface area contributed by atoms with E-state index in [1.807, 2.05) is 35.2 Å². The van der Waals surface area contributed by atoms with E-state index in [2.05, 4.69) is 15.3 Å². The summed E-state index contributed by atoms with van der Waals surface area (Å²) in [5, 5.41) is 7.89. The number of para-hydroxylation sites is 1. The summed E-state index contributed by atoms with van der Waals surface area (Å²) in [6, 6.07) is 10.2. The summed E-state index contributed by atoms with van der Waals surface area (Å²) >= 11 is 0. The molecule has 1 aromatic carbocycles. The SMILES string of the molecule is COc1cn(-c2ccccc2)nc1C(=O)N1CCC(N2CCNCC2)C1.Cl. The normalized spacial score (nSPS) is 20.3. The second-order valence-corrected chi connectivity index (χ2v) is 6.81. The van der Waals surface area contributed by atoms with Crippen LogP contribution in [-0.2, 0) is 0 Å². The monoisotopic (exact) mass is 391 g/mol. The first-order valence-electron chi connectivity index (χ1n) is 9.19. The number of ether oxygens (including phenoxy) is 1. The minimum Gasteiger partial charge on any atom is -0.493 e. The van der Waals surface area contributed by atoms with Crippen LogP contribution in [0.5, 0.6) is 5.75 Å². The second-order valence-electron chi connectivity index (χ2n) is 6.81. The lowest BCUT2D eigenvalue weighted by Crippen LogP contribution is -2.49. The minimum absolute atomic E-state index is 0. The molecule has 3 heterocycles. The molecule has 1 N–H and O–H groups in total. The number of piperazine rings is 1. The van der Waals surface area contributed by atoms with Gasteiger partial charge in [-0.25, -0.2) is 4.68 Å². The Morgan fingerprint density at radius 2 is 1.93 bits per heavy atom. The summed E-state index contributed by atoms with van der Waals surface area (Å²) in [5.41, 5.74) is 1.29. The number of likely N-dealkylation sites (tertiary alicyclic amines) is 1. The van der Waals surface area contributed by atoms with Crippen molar-refractivity contribution >= 4 is 18.3 Å². The summed E-state index contributed by atoms with van der Waals surface area (Å²) in [7, 11) is 1.58. The van der Waals surface area contributed by atoms with Crippen LogP contribution in [0.3, 0.4) is 0 Å². The minimum atomic E-state index is -0.0471. The Kier molecular flexibility index (Phi) is 6.36. The van der Waals surface area contributed by atoms with Gasteiger partial charge in [0.25, 0.3) is 5.91 Å². The van der Waals surface area contributed by atoms with Crippen LogP contribution < -0.4 is 10.1 Å². The van der Waals surface area contributed by atoms with Crippen molar-refractivity contribution in [1.29, 1.82) is 0 Å². The van der Waals surface area contributed by atoms with Crippen LogP contribution >= 0.6 is 12.4 Å². The van der Waals surface area contributed by atoms with Crippen molar-refractivity contribution in [3.05, 3.63) is 42.2 Å². The van der Waals surface area contributed by atoms with Crippen molar-refractivity contribution in [3.63, 3.8) is 0 Å². The standard InChI is InChI=1S/C19H25N5O2.ClH/c1-26-17-14-24(15-5-3-2-4-6-15)21-18(17)19(25)23-10-7-16(13-23)22-11-8-20-9-12-22;/h2-6,14,16,20H,7-13H2,1H3;1H. The molecule has 2 fully saturated rings. The number of halogens is 1. The molecule has 1 atom stereocenters. The Labute approximate surface area is 165 Å². The zero-order chi connectivity index (χ0) is 17.9. The number of carbonyl (C=O) groups excluding carboxylic acids is 1. The maximum absolute atomic E-state index is 13.0. The van der Waals surface area contributed by atoms with Gasteiger partial charge in [0.15, 0.2) is 11.4 Å². The lowest BCUT2D eigenvalue weighted by molar-refractivity contribution is 0.0764. The summed E-state index contributed by atoms with van der Waals surface area (Å²) in [6.45, 7) is 5.70. The van der Waals surface area contributed by atoms with Gasteiger partial charge < -0.3 is 15.0 Å². The molecule has 7 nitrogen and oxygen atoms in total. The molecule has 1 amide bonds. The van der Waals surface area contributed by atoms with Gasteiger partial charge in [-0.15, -0.1) is 12.4 Å². The summed E-state index contributed by atoms with van der Waals surface area (Å²) in [5.74, 6) is 0.471. The van der Waals surface area contributed by atoms with Crippen molar-refractivity contribution in [2.75, 3.05) is 46.4 Å². The van der Waals surface area contributed by atoms with Crippen molar-refractivity contribution in [2.24, 2.45) is 0 Å². The van der Waals surface area contributed by atoms with E-state index in [1.54, 1.807) is 18.0 Å². The number of hydrogen-bond acceptors (Lipinski definition) is 5. The van der Waals surface area contributed by atoms with Gasteiger partial charge >= 0.3 is 0 Å². The van der Waals surface area contributed by atoms with Crippen molar-refractivity contribution in [1.82, 2.24) is 24.9 Å². The maximum Gasteiger partial charge on any atom is 0.278 e. The fourth-order valence-electron chi connectivity index (χ4n) is 3.79. The van der Waals surface area contributed by atoms with Crippen molar-refractivity contribution < 1.29 is 9.53 Å². The van der Waals surface area contributed by atoms with E-state index in [1.165, 1.54) is 0 Å². The molecule has 0 radical (unpaired) electrons. The molecule has 2 aromatic rings. The first-order chi connectivity index (χ1) is 12.8. The lowest BCUT2D eigenvalue weighted by Gasteiger charge is -2.32. The smallest absolute Gasteiger partial charge is 0.278 e. The Hall–Kier alpha value is -2.09. The predicted molar refractivity (Wildman–Crippen MR) is 106 cm³/mol. The fraction of sp³-hybridized carbons (Fsp3) is 0.474. The Morgan fingerprint density at radius 1 is 1.19 bits per heavy atom. The predicted octanol–water partition coefficient (Wildman–Crippen LogP) is 1.42. The van der Waals surface area contributed by atoms with Crippen molar-refractivity contribution in [2.45, 2.75) is 12.5 Å². The second kappa shape index (κ2) is 8.73. The molecule has 0 bridgehead atoms. The number of aromatic nitrogens is 2. The molecule has 2 saturated heterocycles. The lowest BCUT2D eigenvalue weighted by atomic mass is 10.2. The third-order valence-corrected chi connectivity index (χ3v) is 5.24. The van der Waals surface area contributed by atoms with Gasteiger partial charge in [-0.1, -0.05) is 18.2 Å². The number of nitrogens with one attached hydrogen (secondary N) is 1. The Morgan fingerprint density at radius 3 is 2.63 bits per heavy atom. The molecular formula is C19H26ClN5O2. The average Bonchev–Trinajstić information content (AvgIpc) is 3.36. The van der Waals surface area contributed by atoms with Crippen LogP contribution in [-0.4, -0.2) is 77.9 Å². The number of hydrogen-bond donors (Lipinski definition) is 1. The molecule has 4 rings (SSSR count). The van der Waals surface area contributed by atoms with Gasteiger partial charge in [0, 0.05) is 45.3 Å². The van der Waals surface area contributed by atoms with Gasteiger partial charge in [-0.05, 0) is 18.6 Å². The summed E-state index contributed by atoms with van der Waals surface area (Å²) < 4.78 is 7.13. The zero-order valence-corrected chi connectivity index (χ0v) is 16.3.